The van der Waals surface area contributed by atoms with Gasteiger partial charge in [0.2, 0.25) is 0 Å². The van der Waals surface area contributed by atoms with Gasteiger partial charge in [-0.05, 0) is 56.5 Å². The quantitative estimate of drug-likeness (QED) is 0.118. The lowest BCUT2D eigenvalue weighted by molar-refractivity contribution is -0.153. The maximum atomic E-state index is 14.1. The molecule has 0 saturated carbocycles. The number of anilines is 1. The summed E-state index contributed by atoms with van der Waals surface area (Å²) >= 11 is 0. The molecule has 1 atom stereocenters. The summed E-state index contributed by atoms with van der Waals surface area (Å²) in [6.45, 7) is 10.6. The van der Waals surface area contributed by atoms with Crippen LogP contribution in [0.3, 0.4) is 0 Å². The number of carbonyl (C=O) groups is 2. The number of hydrogen-bond acceptors (Lipinski definition) is 7. The summed E-state index contributed by atoms with van der Waals surface area (Å²) in [5.41, 5.74) is 2.90. The third kappa shape index (κ3) is 10.6. The Bertz CT molecular complexity index is 1450. The fourth-order valence-corrected chi connectivity index (χ4v) is 5.59. The predicted molar refractivity (Wildman–Crippen MR) is 183 cm³/mol. The predicted octanol–water partition coefficient (Wildman–Crippen LogP) is 7.43. The highest BCUT2D eigenvalue weighted by Crippen LogP contribution is 2.35. The van der Waals surface area contributed by atoms with Crippen LogP contribution in [0.25, 0.3) is 0 Å². The van der Waals surface area contributed by atoms with E-state index in [1.54, 1.807) is 19.1 Å². The number of benzene rings is 3. The summed E-state index contributed by atoms with van der Waals surface area (Å²) in [5.74, 6) is 1.60. The van der Waals surface area contributed by atoms with Crippen molar-refractivity contribution in [2.45, 2.75) is 72.1 Å². The number of nitrogens with zero attached hydrogens (tertiary/aromatic N) is 2. The average Bonchev–Trinajstić information content (AvgIpc) is 3.04. The molecule has 1 heterocycles. The Labute approximate surface area is 279 Å². The molecule has 0 N–H and O–H groups in total. The van der Waals surface area contributed by atoms with Gasteiger partial charge in [0.1, 0.15) is 11.4 Å². The Hall–Kier alpha value is -4.24. The van der Waals surface area contributed by atoms with E-state index in [-0.39, 0.29) is 24.3 Å². The van der Waals surface area contributed by atoms with Gasteiger partial charge in [-0.25, -0.2) is 4.79 Å². The number of methoxy groups -OCH3 is 2. The van der Waals surface area contributed by atoms with Gasteiger partial charge in [0.15, 0.2) is 11.5 Å². The minimum Gasteiger partial charge on any atom is -0.496 e. The summed E-state index contributed by atoms with van der Waals surface area (Å²) in [6, 6.07) is 21.2. The number of urea groups is 1. The maximum absolute atomic E-state index is 14.1. The zero-order valence-electron chi connectivity index (χ0n) is 28.8. The van der Waals surface area contributed by atoms with Crippen LogP contribution in [0.1, 0.15) is 63.6 Å². The van der Waals surface area contributed by atoms with Crippen LogP contribution in [0, 0.1) is 5.92 Å². The van der Waals surface area contributed by atoms with Crippen molar-refractivity contribution in [1.29, 1.82) is 0 Å². The van der Waals surface area contributed by atoms with Crippen molar-refractivity contribution < 1.29 is 33.3 Å². The van der Waals surface area contributed by atoms with Crippen LogP contribution in [-0.2, 0) is 33.8 Å². The Kier molecular flexibility index (Phi) is 12.9. The van der Waals surface area contributed by atoms with Crippen LogP contribution in [-0.4, -0.2) is 63.0 Å². The molecular weight excluding hydrogens is 596 g/mol. The first-order valence-corrected chi connectivity index (χ1v) is 16.5. The van der Waals surface area contributed by atoms with Crippen molar-refractivity contribution in [3.63, 3.8) is 0 Å². The Balaban J connectivity index is 1.56. The maximum Gasteiger partial charge on any atom is 0.324 e. The average molecular weight is 647 g/mol. The monoisotopic (exact) mass is 646 g/mol. The summed E-state index contributed by atoms with van der Waals surface area (Å²) in [6.07, 6.45) is 3.26. The molecule has 0 aromatic heterocycles. The first kappa shape index (κ1) is 35.6. The van der Waals surface area contributed by atoms with E-state index in [9.17, 15) is 9.59 Å². The molecule has 2 amide bonds. The lowest BCUT2D eigenvalue weighted by Crippen LogP contribution is -2.54. The SMILES string of the molecule is CCCCCOc1cc(N2CC(COCc3ccccc3)CN(Cc3ccc(CC(=O)OC(C)(C)C)cc3OC)C2=O)ccc1OC. The zero-order chi connectivity index (χ0) is 33.8. The fraction of sp³-hybridized carbons (Fsp3) is 0.474. The number of rotatable bonds is 16. The molecule has 254 valence electrons. The molecule has 4 rings (SSSR count). The Morgan fingerprint density at radius 1 is 0.872 bits per heavy atom. The normalized spacial score (nSPS) is 15.0. The van der Waals surface area contributed by atoms with Crippen molar-refractivity contribution in [2.24, 2.45) is 5.92 Å². The van der Waals surface area contributed by atoms with E-state index in [4.69, 9.17) is 23.7 Å². The molecule has 1 saturated heterocycles. The van der Waals surface area contributed by atoms with Gasteiger partial charge < -0.3 is 28.6 Å². The smallest absolute Gasteiger partial charge is 0.324 e. The topological polar surface area (TPSA) is 86.8 Å². The number of carbonyl (C=O) groups excluding carboxylic acids is 2. The van der Waals surface area contributed by atoms with Crippen molar-refractivity contribution in [2.75, 3.05) is 45.4 Å². The second-order valence-corrected chi connectivity index (χ2v) is 12.9. The van der Waals surface area contributed by atoms with Crippen LogP contribution in [0.5, 0.6) is 17.2 Å². The van der Waals surface area contributed by atoms with Gasteiger partial charge in [0, 0.05) is 36.3 Å². The highest BCUT2D eigenvalue weighted by Gasteiger charge is 2.34. The van der Waals surface area contributed by atoms with Gasteiger partial charge >= 0.3 is 12.0 Å². The summed E-state index contributed by atoms with van der Waals surface area (Å²) < 4.78 is 29.1. The Morgan fingerprint density at radius 2 is 1.64 bits per heavy atom. The summed E-state index contributed by atoms with van der Waals surface area (Å²) in [5, 5.41) is 0. The number of unbranched alkanes of at least 4 members (excludes halogenated alkanes) is 2. The minimum absolute atomic E-state index is 0.0462. The molecule has 0 spiro atoms. The van der Waals surface area contributed by atoms with E-state index in [0.29, 0.717) is 56.7 Å². The third-order valence-electron chi connectivity index (χ3n) is 7.83. The highest BCUT2D eigenvalue weighted by atomic mass is 16.6. The second kappa shape index (κ2) is 17.1. The third-order valence-corrected chi connectivity index (χ3v) is 7.83. The van der Waals surface area contributed by atoms with Gasteiger partial charge in [0.05, 0.1) is 47.0 Å². The molecular formula is C38H50N2O7. The highest BCUT2D eigenvalue weighted by molar-refractivity contribution is 5.93. The second-order valence-electron chi connectivity index (χ2n) is 12.9. The number of ether oxygens (including phenoxy) is 5. The molecule has 9 nitrogen and oxygen atoms in total. The number of hydrogen-bond donors (Lipinski definition) is 0. The molecule has 1 aliphatic heterocycles. The van der Waals surface area contributed by atoms with Gasteiger partial charge in [-0.2, -0.15) is 0 Å². The van der Waals surface area contributed by atoms with Crippen LogP contribution in [0.15, 0.2) is 66.7 Å². The molecule has 1 unspecified atom stereocenters. The van der Waals surface area contributed by atoms with Crippen molar-refractivity contribution in [3.05, 3.63) is 83.4 Å². The van der Waals surface area contributed by atoms with Crippen molar-refractivity contribution in [1.82, 2.24) is 4.90 Å². The van der Waals surface area contributed by atoms with Gasteiger partial charge in [-0.3, -0.25) is 9.69 Å². The molecule has 0 aliphatic carbocycles. The molecule has 1 aliphatic rings. The van der Waals surface area contributed by atoms with E-state index < -0.39 is 5.60 Å². The van der Waals surface area contributed by atoms with Crippen LogP contribution in [0.4, 0.5) is 10.5 Å². The summed E-state index contributed by atoms with van der Waals surface area (Å²) in [4.78, 5) is 30.2. The van der Waals surface area contributed by atoms with E-state index in [0.717, 1.165) is 41.6 Å². The molecule has 3 aromatic rings. The van der Waals surface area contributed by atoms with Gasteiger partial charge in [-0.1, -0.05) is 62.2 Å². The van der Waals surface area contributed by atoms with E-state index in [1.165, 1.54) is 0 Å². The van der Waals surface area contributed by atoms with Crippen molar-refractivity contribution >= 4 is 17.7 Å². The molecule has 47 heavy (non-hydrogen) atoms. The van der Waals surface area contributed by atoms with Crippen LogP contribution in [0.2, 0.25) is 0 Å². The minimum atomic E-state index is -0.561. The standard InChI is InChI=1S/C38H50N2O7/c1-7-8-12-19-46-35-22-32(17-18-33(35)43-5)40-24-30(27-45-26-28-13-10-9-11-14-28)23-39(37(40)42)25-31-16-15-29(20-34(31)44-6)21-36(41)47-38(2,3)4/h9-11,13-18,20,22,30H,7-8,12,19,21,23-27H2,1-6H3. The van der Waals surface area contributed by atoms with Gasteiger partial charge in [0.25, 0.3) is 0 Å². The Morgan fingerprint density at radius 3 is 2.34 bits per heavy atom. The zero-order valence-corrected chi connectivity index (χ0v) is 28.8. The first-order valence-electron chi connectivity index (χ1n) is 16.5. The van der Waals surface area contributed by atoms with Gasteiger partial charge in [-0.15, -0.1) is 0 Å². The van der Waals surface area contributed by atoms with E-state index >= 15 is 0 Å². The molecule has 1 fully saturated rings. The molecule has 9 heteroatoms. The van der Waals surface area contributed by atoms with E-state index in [2.05, 4.69) is 6.92 Å². The molecule has 0 radical (unpaired) electrons. The first-order chi connectivity index (χ1) is 22.6. The number of esters is 1. The molecule has 3 aromatic carbocycles. The lowest BCUT2D eigenvalue weighted by Gasteiger charge is -2.40. The largest absolute Gasteiger partial charge is 0.496 e. The number of amides is 2. The summed E-state index contributed by atoms with van der Waals surface area (Å²) in [7, 11) is 3.22. The fourth-order valence-electron chi connectivity index (χ4n) is 5.59. The van der Waals surface area contributed by atoms with Crippen molar-refractivity contribution in [3.8, 4) is 17.2 Å². The van der Waals surface area contributed by atoms with Crippen LogP contribution < -0.4 is 19.1 Å². The van der Waals surface area contributed by atoms with Crippen LogP contribution >= 0.6 is 0 Å². The van der Waals surface area contributed by atoms with E-state index in [1.807, 2.05) is 92.4 Å². The lowest BCUT2D eigenvalue weighted by atomic mass is 10.0. The molecule has 0 bridgehead atoms.